The van der Waals surface area contributed by atoms with Crippen molar-refractivity contribution >= 4 is 17.6 Å². The van der Waals surface area contributed by atoms with Crippen LogP contribution in [0.3, 0.4) is 0 Å². The summed E-state index contributed by atoms with van der Waals surface area (Å²) in [6.45, 7) is 3.34. The van der Waals surface area contributed by atoms with Gasteiger partial charge in [-0.15, -0.1) is 0 Å². The number of hydrogen-bond donors (Lipinski definition) is 1. The Morgan fingerprint density at radius 1 is 1.47 bits per heavy atom. The molecule has 1 N–H and O–H groups in total. The Kier molecular flexibility index (Phi) is 3.40. The molecule has 0 radical (unpaired) electrons. The summed E-state index contributed by atoms with van der Waals surface area (Å²) in [4.78, 5) is 11.3. The summed E-state index contributed by atoms with van der Waals surface area (Å²) in [7, 11) is 0. The van der Waals surface area contributed by atoms with E-state index in [-0.39, 0.29) is 5.41 Å². The molecule has 92 valence electrons. The van der Waals surface area contributed by atoms with E-state index < -0.39 is 11.9 Å². The second-order valence-electron chi connectivity index (χ2n) is 4.95. The molecule has 3 nitrogen and oxygen atoms in total. The molecule has 1 fully saturated rings. The Bertz CT molecular complexity index is 409. The van der Waals surface area contributed by atoms with Crippen LogP contribution in [-0.2, 0) is 9.53 Å². The SMILES string of the molecule is CC1(CC(C(=O)O)c2ccc(Cl)cc2)COC1. The first-order chi connectivity index (χ1) is 8.00. The van der Waals surface area contributed by atoms with Gasteiger partial charge in [0.25, 0.3) is 0 Å². The van der Waals surface area contributed by atoms with Gasteiger partial charge >= 0.3 is 5.97 Å². The summed E-state index contributed by atoms with van der Waals surface area (Å²) in [6.07, 6.45) is 0.601. The van der Waals surface area contributed by atoms with Gasteiger partial charge < -0.3 is 9.84 Å². The topological polar surface area (TPSA) is 46.5 Å². The molecule has 0 spiro atoms. The lowest BCUT2D eigenvalue weighted by Crippen LogP contribution is -2.41. The smallest absolute Gasteiger partial charge is 0.310 e. The van der Waals surface area contributed by atoms with Gasteiger partial charge in [0.1, 0.15) is 0 Å². The third-order valence-corrected chi connectivity index (χ3v) is 3.42. The third kappa shape index (κ3) is 2.79. The lowest BCUT2D eigenvalue weighted by molar-refractivity contribution is -0.145. The predicted molar refractivity (Wildman–Crippen MR) is 65.4 cm³/mol. The van der Waals surface area contributed by atoms with Crippen molar-refractivity contribution in [2.24, 2.45) is 5.41 Å². The quantitative estimate of drug-likeness (QED) is 0.899. The fourth-order valence-electron chi connectivity index (χ4n) is 2.10. The number of ether oxygens (including phenoxy) is 1. The number of benzene rings is 1. The molecule has 2 rings (SSSR count). The van der Waals surface area contributed by atoms with Gasteiger partial charge in [0.05, 0.1) is 19.1 Å². The van der Waals surface area contributed by atoms with Crippen LogP contribution in [0.4, 0.5) is 0 Å². The number of carboxylic acid groups (broad SMARTS) is 1. The van der Waals surface area contributed by atoms with E-state index >= 15 is 0 Å². The minimum Gasteiger partial charge on any atom is -0.481 e. The van der Waals surface area contributed by atoms with Gasteiger partial charge in [0, 0.05) is 10.4 Å². The van der Waals surface area contributed by atoms with E-state index in [1.54, 1.807) is 24.3 Å². The zero-order chi connectivity index (χ0) is 12.5. The van der Waals surface area contributed by atoms with E-state index in [1.807, 2.05) is 0 Å². The van der Waals surface area contributed by atoms with Crippen LogP contribution in [-0.4, -0.2) is 24.3 Å². The van der Waals surface area contributed by atoms with Crippen molar-refractivity contribution in [2.45, 2.75) is 19.3 Å². The summed E-state index contributed by atoms with van der Waals surface area (Å²) in [6, 6.07) is 7.02. The normalized spacial score (nSPS) is 19.4. The van der Waals surface area contributed by atoms with Crippen molar-refractivity contribution < 1.29 is 14.6 Å². The Hall–Kier alpha value is -1.06. The fraction of sp³-hybridized carbons (Fsp3) is 0.462. The molecule has 0 saturated carbocycles. The molecule has 0 aromatic heterocycles. The summed E-state index contributed by atoms with van der Waals surface area (Å²) >= 11 is 5.80. The minimum absolute atomic E-state index is 0.0112. The molecule has 1 heterocycles. The van der Waals surface area contributed by atoms with E-state index in [9.17, 15) is 9.90 Å². The van der Waals surface area contributed by atoms with Crippen molar-refractivity contribution in [3.63, 3.8) is 0 Å². The van der Waals surface area contributed by atoms with E-state index in [1.165, 1.54) is 0 Å². The molecule has 4 heteroatoms. The lowest BCUT2D eigenvalue weighted by Gasteiger charge is -2.39. The van der Waals surface area contributed by atoms with Crippen LogP contribution >= 0.6 is 11.6 Å². The predicted octanol–water partition coefficient (Wildman–Crippen LogP) is 2.93. The van der Waals surface area contributed by atoms with E-state index in [4.69, 9.17) is 16.3 Å². The number of hydrogen-bond acceptors (Lipinski definition) is 2. The Labute approximate surface area is 105 Å². The van der Waals surface area contributed by atoms with Gasteiger partial charge in [-0.1, -0.05) is 30.7 Å². The van der Waals surface area contributed by atoms with Gasteiger partial charge in [-0.2, -0.15) is 0 Å². The summed E-state index contributed by atoms with van der Waals surface area (Å²) in [5.41, 5.74) is 0.790. The molecule has 1 atom stereocenters. The zero-order valence-electron chi connectivity index (χ0n) is 9.65. The largest absolute Gasteiger partial charge is 0.481 e. The summed E-state index contributed by atoms with van der Waals surface area (Å²) in [5.74, 6) is -1.28. The summed E-state index contributed by atoms with van der Waals surface area (Å²) < 4.78 is 5.16. The van der Waals surface area contributed by atoms with Gasteiger partial charge in [0.2, 0.25) is 0 Å². The van der Waals surface area contributed by atoms with Gasteiger partial charge in [-0.3, -0.25) is 4.79 Å². The molecule has 1 aliphatic heterocycles. The molecule has 1 aromatic carbocycles. The van der Waals surface area contributed by atoms with Crippen molar-refractivity contribution in [2.75, 3.05) is 13.2 Å². The maximum Gasteiger partial charge on any atom is 0.310 e. The first-order valence-electron chi connectivity index (χ1n) is 5.56. The van der Waals surface area contributed by atoms with Crippen LogP contribution < -0.4 is 0 Å². The van der Waals surface area contributed by atoms with Crippen molar-refractivity contribution in [1.82, 2.24) is 0 Å². The highest BCUT2D eigenvalue weighted by Gasteiger charge is 2.38. The van der Waals surface area contributed by atoms with Gasteiger partial charge in [-0.25, -0.2) is 0 Å². The molecular formula is C13H15ClO3. The average Bonchev–Trinajstić information content (AvgIpc) is 2.24. The minimum atomic E-state index is -0.791. The third-order valence-electron chi connectivity index (χ3n) is 3.17. The highest BCUT2D eigenvalue weighted by Crippen LogP contribution is 2.38. The molecule has 0 amide bonds. The van der Waals surface area contributed by atoms with Crippen LogP contribution in [0, 0.1) is 5.41 Å². The molecule has 0 aliphatic carbocycles. The summed E-state index contributed by atoms with van der Waals surface area (Å²) in [5, 5.41) is 9.93. The van der Waals surface area contributed by atoms with E-state index in [0.717, 1.165) is 5.56 Å². The van der Waals surface area contributed by atoms with Crippen LogP contribution in [0.15, 0.2) is 24.3 Å². The number of aliphatic carboxylic acids is 1. The number of carbonyl (C=O) groups is 1. The highest BCUT2D eigenvalue weighted by atomic mass is 35.5. The molecular weight excluding hydrogens is 240 g/mol. The van der Waals surface area contributed by atoms with Crippen LogP contribution in [0.1, 0.15) is 24.8 Å². The zero-order valence-corrected chi connectivity index (χ0v) is 10.4. The fourth-order valence-corrected chi connectivity index (χ4v) is 2.23. The molecule has 1 saturated heterocycles. The Balaban J connectivity index is 2.17. The molecule has 1 unspecified atom stereocenters. The van der Waals surface area contributed by atoms with Crippen molar-refractivity contribution in [3.8, 4) is 0 Å². The van der Waals surface area contributed by atoms with Gasteiger partial charge in [-0.05, 0) is 24.1 Å². The monoisotopic (exact) mass is 254 g/mol. The van der Waals surface area contributed by atoms with E-state index in [0.29, 0.717) is 24.7 Å². The Morgan fingerprint density at radius 3 is 2.47 bits per heavy atom. The van der Waals surface area contributed by atoms with Crippen LogP contribution in [0.2, 0.25) is 5.02 Å². The first kappa shape index (κ1) is 12.4. The maximum absolute atomic E-state index is 11.3. The highest BCUT2D eigenvalue weighted by molar-refractivity contribution is 6.30. The second-order valence-corrected chi connectivity index (χ2v) is 5.39. The lowest BCUT2D eigenvalue weighted by atomic mass is 9.77. The van der Waals surface area contributed by atoms with Crippen LogP contribution in [0.25, 0.3) is 0 Å². The van der Waals surface area contributed by atoms with Crippen molar-refractivity contribution in [3.05, 3.63) is 34.9 Å². The van der Waals surface area contributed by atoms with Gasteiger partial charge in [0.15, 0.2) is 0 Å². The van der Waals surface area contributed by atoms with Crippen LogP contribution in [0.5, 0.6) is 0 Å². The standard InChI is InChI=1S/C13H15ClO3/c1-13(7-17-8-13)6-11(12(15)16)9-2-4-10(14)5-3-9/h2-5,11H,6-8H2,1H3,(H,15,16). The van der Waals surface area contributed by atoms with Crippen molar-refractivity contribution in [1.29, 1.82) is 0 Å². The average molecular weight is 255 g/mol. The Morgan fingerprint density at radius 2 is 2.06 bits per heavy atom. The molecule has 17 heavy (non-hydrogen) atoms. The molecule has 0 bridgehead atoms. The number of carboxylic acids is 1. The van der Waals surface area contributed by atoms with E-state index in [2.05, 4.69) is 6.92 Å². The maximum atomic E-state index is 11.3. The molecule has 1 aliphatic rings. The number of halogens is 1. The first-order valence-corrected chi connectivity index (χ1v) is 5.94. The second kappa shape index (κ2) is 4.67. The molecule has 1 aromatic rings. The number of rotatable bonds is 4.